The van der Waals surface area contributed by atoms with E-state index < -0.39 is 11.9 Å². The molecule has 0 saturated carbocycles. The summed E-state index contributed by atoms with van der Waals surface area (Å²) in [5.74, 6) is 1.44. The van der Waals surface area contributed by atoms with E-state index in [2.05, 4.69) is 27.2 Å². The number of carbonyl (C=O) groups excluding carboxylic acids is 3. The lowest BCUT2D eigenvalue weighted by Crippen LogP contribution is -2.41. The fourth-order valence-corrected chi connectivity index (χ4v) is 2.23. The zero-order chi connectivity index (χ0) is 19.5. The van der Waals surface area contributed by atoms with Gasteiger partial charge in [0.15, 0.2) is 0 Å². The van der Waals surface area contributed by atoms with Gasteiger partial charge in [-0.15, -0.1) is 6.42 Å². The molecule has 0 bridgehead atoms. The predicted molar refractivity (Wildman–Crippen MR) is 103 cm³/mol. The van der Waals surface area contributed by atoms with Gasteiger partial charge in [-0.05, 0) is 17.7 Å². The summed E-state index contributed by atoms with van der Waals surface area (Å²) >= 11 is 0. The smallest absolute Gasteiger partial charge is 0.321 e. The molecule has 2 aromatic rings. The van der Waals surface area contributed by atoms with Gasteiger partial charge in [0.05, 0.1) is 18.7 Å². The van der Waals surface area contributed by atoms with Crippen LogP contribution in [0.2, 0.25) is 0 Å². The summed E-state index contributed by atoms with van der Waals surface area (Å²) in [7, 11) is 0. The Morgan fingerprint density at radius 3 is 2.37 bits per heavy atom. The number of amides is 4. The Kier molecular flexibility index (Phi) is 7.42. The minimum absolute atomic E-state index is 0.106. The van der Waals surface area contributed by atoms with Crippen molar-refractivity contribution in [3.63, 3.8) is 0 Å². The van der Waals surface area contributed by atoms with Crippen LogP contribution < -0.4 is 21.3 Å². The van der Waals surface area contributed by atoms with Gasteiger partial charge in [0, 0.05) is 12.2 Å². The SMILES string of the molecule is C#CCNC(=O)c1ccccc1NCC(=O)NC(=O)NCc1ccccc1. The van der Waals surface area contributed by atoms with Crippen LogP contribution >= 0.6 is 0 Å². The first-order valence-electron chi connectivity index (χ1n) is 8.26. The number of carbonyl (C=O) groups is 3. The van der Waals surface area contributed by atoms with Crippen LogP contribution in [0.4, 0.5) is 10.5 Å². The van der Waals surface area contributed by atoms with Crippen molar-refractivity contribution >= 4 is 23.5 Å². The van der Waals surface area contributed by atoms with Crippen LogP contribution in [-0.2, 0) is 11.3 Å². The van der Waals surface area contributed by atoms with E-state index >= 15 is 0 Å². The van der Waals surface area contributed by atoms with Crippen LogP contribution in [-0.4, -0.2) is 30.9 Å². The third-order valence-corrected chi connectivity index (χ3v) is 3.51. The van der Waals surface area contributed by atoms with Gasteiger partial charge >= 0.3 is 6.03 Å². The largest absolute Gasteiger partial charge is 0.375 e. The van der Waals surface area contributed by atoms with Gasteiger partial charge in [0.1, 0.15) is 0 Å². The molecule has 4 N–H and O–H groups in total. The topological polar surface area (TPSA) is 99.3 Å². The lowest BCUT2D eigenvalue weighted by atomic mass is 10.1. The van der Waals surface area contributed by atoms with Crippen molar-refractivity contribution in [1.29, 1.82) is 0 Å². The van der Waals surface area contributed by atoms with Gasteiger partial charge < -0.3 is 16.0 Å². The predicted octanol–water partition coefficient (Wildman–Crippen LogP) is 1.49. The van der Waals surface area contributed by atoms with E-state index in [1.54, 1.807) is 24.3 Å². The van der Waals surface area contributed by atoms with Gasteiger partial charge in [0.2, 0.25) is 5.91 Å². The standard InChI is InChI=1S/C20H20N4O3/c1-2-12-21-19(26)16-10-6-7-11-17(16)22-14-18(25)24-20(27)23-13-15-8-4-3-5-9-15/h1,3-11,22H,12-14H2,(H,21,26)(H2,23,24,25,27). The summed E-state index contributed by atoms with van der Waals surface area (Å²) in [6.07, 6.45) is 5.13. The minimum Gasteiger partial charge on any atom is -0.375 e. The normalized spacial score (nSPS) is 9.59. The number of hydrogen-bond acceptors (Lipinski definition) is 4. The Morgan fingerprint density at radius 1 is 0.926 bits per heavy atom. The average Bonchev–Trinajstić information content (AvgIpc) is 2.70. The highest BCUT2D eigenvalue weighted by molar-refractivity contribution is 6.01. The molecule has 0 aliphatic carbocycles. The maximum Gasteiger partial charge on any atom is 0.321 e. The van der Waals surface area contributed by atoms with E-state index in [9.17, 15) is 14.4 Å². The van der Waals surface area contributed by atoms with Crippen molar-refractivity contribution in [2.24, 2.45) is 0 Å². The zero-order valence-corrected chi connectivity index (χ0v) is 14.6. The molecule has 0 radical (unpaired) electrons. The Balaban J connectivity index is 1.82. The fraction of sp³-hybridized carbons (Fsp3) is 0.150. The number of nitrogens with one attached hydrogen (secondary N) is 4. The maximum atomic E-state index is 12.1. The Hall–Kier alpha value is -3.79. The summed E-state index contributed by atoms with van der Waals surface area (Å²) < 4.78 is 0. The van der Waals surface area contributed by atoms with Gasteiger partial charge in [-0.1, -0.05) is 48.4 Å². The van der Waals surface area contributed by atoms with E-state index in [1.165, 1.54) is 0 Å². The van der Waals surface area contributed by atoms with Crippen LogP contribution in [0, 0.1) is 12.3 Å². The first kappa shape index (κ1) is 19.5. The molecule has 0 fully saturated rings. The van der Waals surface area contributed by atoms with Crippen molar-refractivity contribution in [2.75, 3.05) is 18.4 Å². The average molecular weight is 364 g/mol. The molecule has 2 rings (SSSR count). The van der Waals surface area contributed by atoms with Gasteiger partial charge in [-0.2, -0.15) is 0 Å². The molecule has 2 aromatic carbocycles. The monoisotopic (exact) mass is 364 g/mol. The molecule has 0 saturated heterocycles. The lowest BCUT2D eigenvalue weighted by Gasteiger charge is -2.12. The van der Waals surface area contributed by atoms with E-state index in [0.29, 0.717) is 17.8 Å². The number of benzene rings is 2. The Bertz CT molecular complexity index is 844. The van der Waals surface area contributed by atoms with E-state index in [4.69, 9.17) is 6.42 Å². The number of urea groups is 1. The maximum absolute atomic E-state index is 12.1. The first-order valence-corrected chi connectivity index (χ1v) is 8.26. The Labute approximate surface area is 157 Å². The molecule has 138 valence electrons. The zero-order valence-electron chi connectivity index (χ0n) is 14.6. The van der Waals surface area contributed by atoms with Crippen LogP contribution in [0.1, 0.15) is 15.9 Å². The summed E-state index contributed by atoms with van der Waals surface area (Å²) in [6.45, 7) is 0.249. The quantitative estimate of drug-likeness (QED) is 0.559. The second-order valence-corrected chi connectivity index (χ2v) is 5.50. The van der Waals surface area contributed by atoms with Crippen LogP contribution in [0.3, 0.4) is 0 Å². The van der Waals surface area contributed by atoms with Crippen LogP contribution in [0.15, 0.2) is 54.6 Å². The number of imide groups is 1. The molecule has 7 heteroatoms. The second kappa shape index (κ2) is 10.3. The highest BCUT2D eigenvalue weighted by atomic mass is 16.2. The number of rotatable bonds is 7. The molecule has 0 unspecified atom stereocenters. The number of hydrogen-bond donors (Lipinski definition) is 4. The summed E-state index contributed by atoms with van der Waals surface area (Å²) in [5, 5.41) is 10.2. The molecule has 7 nitrogen and oxygen atoms in total. The Morgan fingerprint density at radius 2 is 1.63 bits per heavy atom. The van der Waals surface area contributed by atoms with Crippen molar-refractivity contribution in [3.8, 4) is 12.3 Å². The lowest BCUT2D eigenvalue weighted by molar-refractivity contribution is -0.118. The molecule has 0 heterocycles. The van der Waals surface area contributed by atoms with E-state index in [1.807, 2.05) is 30.3 Å². The van der Waals surface area contributed by atoms with Gasteiger partial charge in [-0.25, -0.2) is 4.79 Å². The number of anilines is 1. The number of terminal acetylenes is 1. The van der Waals surface area contributed by atoms with Gasteiger partial charge in [-0.3, -0.25) is 14.9 Å². The molecule has 0 spiro atoms. The molecule has 0 atom stereocenters. The van der Waals surface area contributed by atoms with Crippen molar-refractivity contribution in [1.82, 2.24) is 16.0 Å². The molecule has 4 amide bonds. The highest BCUT2D eigenvalue weighted by Crippen LogP contribution is 2.14. The van der Waals surface area contributed by atoms with Crippen LogP contribution in [0.25, 0.3) is 0 Å². The van der Waals surface area contributed by atoms with Crippen molar-refractivity contribution < 1.29 is 14.4 Å². The summed E-state index contributed by atoms with van der Waals surface area (Å²) in [5.41, 5.74) is 1.74. The fourth-order valence-electron chi connectivity index (χ4n) is 2.23. The van der Waals surface area contributed by atoms with Crippen molar-refractivity contribution in [2.45, 2.75) is 6.54 Å². The number of para-hydroxylation sites is 1. The molecule has 0 aromatic heterocycles. The van der Waals surface area contributed by atoms with Crippen LogP contribution in [0.5, 0.6) is 0 Å². The minimum atomic E-state index is -0.592. The first-order chi connectivity index (χ1) is 13.1. The molecular formula is C20H20N4O3. The second-order valence-electron chi connectivity index (χ2n) is 5.50. The molecular weight excluding hydrogens is 344 g/mol. The van der Waals surface area contributed by atoms with E-state index in [-0.39, 0.29) is 19.0 Å². The molecule has 27 heavy (non-hydrogen) atoms. The third kappa shape index (κ3) is 6.55. The summed E-state index contributed by atoms with van der Waals surface area (Å²) in [6, 6.07) is 15.4. The van der Waals surface area contributed by atoms with E-state index in [0.717, 1.165) is 5.56 Å². The molecule has 0 aliphatic rings. The highest BCUT2D eigenvalue weighted by Gasteiger charge is 2.12. The van der Waals surface area contributed by atoms with Gasteiger partial charge in [0.25, 0.3) is 5.91 Å². The van der Waals surface area contributed by atoms with Crippen molar-refractivity contribution in [3.05, 3.63) is 65.7 Å². The third-order valence-electron chi connectivity index (χ3n) is 3.51. The molecule has 0 aliphatic heterocycles. The summed E-state index contributed by atoms with van der Waals surface area (Å²) in [4.78, 5) is 35.8.